The molecule has 0 bridgehead atoms. The van der Waals surface area contributed by atoms with E-state index >= 15 is 0 Å². The van der Waals surface area contributed by atoms with Crippen molar-refractivity contribution < 1.29 is 14.3 Å². The zero-order valence-electron chi connectivity index (χ0n) is 17.2. The summed E-state index contributed by atoms with van der Waals surface area (Å²) in [7, 11) is 0. The molecule has 154 valence electrons. The molecule has 0 unspecified atom stereocenters. The van der Waals surface area contributed by atoms with Crippen LogP contribution >= 0.6 is 0 Å². The number of anilines is 1. The van der Waals surface area contributed by atoms with Crippen molar-refractivity contribution in [3.8, 4) is 11.5 Å². The molecule has 28 heavy (non-hydrogen) atoms. The van der Waals surface area contributed by atoms with Gasteiger partial charge in [-0.1, -0.05) is 25.8 Å². The Labute approximate surface area is 169 Å². The highest BCUT2D eigenvalue weighted by molar-refractivity contribution is 5.78. The average Bonchev–Trinajstić information content (AvgIpc) is 3.22. The average molecular weight is 387 g/mol. The van der Waals surface area contributed by atoms with Gasteiger partial charge in [-0.25, -0.2) is 0 Å². The fraction of sp³-hybridized carbons (Fsp3) is 0.696. The summed E-state index contributed by atoms with van der Waals surface area (Å²) >= 11 is 0. The number of Topliss-reactive ketones (excluding diaryl/α,β-unsaturated/α-hetero) is 1. The minimum absolute atomic E-state index is 0.334. The van der Waals surface area contributed by atoms with E-state index in [2.05, 4.69) is 21.9 Å². The first kappa shape index (κ1) is 19.6. The van der Waals surface area contributed by atoms with Crippen molar-refractivity contribution >= 4 is 11.5 Å². The van der Waals surface area contributed by atoms with E-state index in [1.165, 1.54) is 44.3 Å². The summed E-state index contributed by atoms with van der Waals surface area (Å²) in [6.07, 6.45) is 7.98. The second kappa shape index (κ2) is 9.17. The number of ether oxygens (including phenoxy) is 2. The number of carbonyl (C=O) groups is 1. The molecule has 2 aliphatic heterocycles. The summed E-state index contributed by atoms with van der Waals surface area (Å²) in [6, 6.07) is 6.18. The molecule has 5 heteroatoms. The lowest BCUT2D eigenvalue weighted by Crippen LogP contribution is -2.47. The molecular weight excluding hydrogens is 352 g/mol. The van der Waals surface area contributed by atoms with Crippen LogP contribution in [0.4, 0.5) is 5.69 Å². The Morgan fingerprint density at radius 3 is 2.54 bits per heavy atom. The number of hydrogen-bond acceptors (Lipinski definition) is 5. The summed E-state index contributed by atoms with van der Waals surface area (Å²) in [5.41, 5.74) is 1.18. The molecule has 2 fully saturated rings. The molecule has 1 saturated heterocycles. The van der Waals surface area contributed by atoms with E-state index in [-0.39, 0.29) is 0 Å². The number of fused-ring (bicyclic) bond motifs is 1. The topological polar surface area (TPSA) is 42.0 Å². The Morgan fingerprint density at radius 1 is 1.04 bits per heavy atom. The highest BCUT2D eigenvalue weighted by Gasteiger charge is 2.26. The van der Waals surface area contributed by atoms with Crippen molar-refractivity contribution in [2.75, 3.05) is 44.4 Å². The number of piperazine rings is 1. The van der Waals surface area contributed by atoms with Crippen molar-refractivity contribution in [1.82, 2.24) is 4.90 Å². The van der Waals surface area contributed by atoms with Gasteiger partial charge < -0.3 is 14.4 Å². The lowest BCUT2D eigenvalue weighted by molar-refractivity contribution is -0.119. The van der Waals surface area contributed by atoms with E-state index in [1.807, 2.05) is 13.0 Å². The quantitative estimate of drug-likeness (QED) is 0.706. The molecule has 0 radical (unpaired) electrons. The van der Waals surface area contributed by atoms with Gasteiger partial charge in [-0.05, 0) is 49.8 Å². The molecular formula is C23H34N2O3. The van der Waals surface area contributed by atoms with Gasteiger partial charge in [-0.15, -0.1) is 0 Å². The van der Waals surface area contributed by atoms with Gasteiger partial charge in [0.25, 0.3) is 0 Å². The summed E-state index contributed by atoms with van der Waals surface area (Å²) in [5.74, 6) is 3.74. The normalized spacial score (nSPS) is 25.1. The Hall–Kier alpha value is -1.75. The highest BCUT2D eigenvalue weighted by Crippen LogP contribution is 2.41. The number of nitrogens with zero attached hydrogens (tertiary/aromatic N) is 2. The summed E-state index contributed by atoms with van der Waals surface area (Å²) < 4.78 is 11.2. The van der Waals surface area contributed by atoms with E-state index in [0.717, 1.165) is 50.0 Å². The molecule has 1 aromatic rings. The molecule has 4 rings (SSSR count). The maximum absolute atomic E-state index is 11.7. The number of carbonyl (C=O) groups excluding carboxylic acids is 1. The Balaban J connectivity index is 1.18. The molecule has 5 nitrogen and oxygen atoms in total. The molecule has 3 aliphatic rings. The molecule has 0 aromatic heterocycles. The zero-order chi connectivity index (χ0) is 19.3. The van der Waals surface area contributed by atoms with Gasteiger partial charge in [0.2, 0.25) is 6.79 Å². The van der Waals surface area contributed by atoms with Crippen molar-refractivity contribution in [2.45, 2.75) is 51.9 Å². The third-order valence-corrected chi connectivity index (χ3v) is 6.82. The Bertz CT molecular complexity index is 662. The maximum atomic E-state index is 11.7. The number of para-hydroxylation sites is 1. The first-order chi connectivity index (χ1) is 13.7. The number of rotatable bonds is 7. The van der Waals surface area contributed by atoms with Crippen LogP contribution in [0.1, 0.15) is 51.9 Å². The van der Waals surface area contributed by atoms with Gasteiger partial charge in [0, 0.05) is 39.0 Å². The zero-order valence-corrected chi connectivity index (χ0v) is 17.2. The van der Waals surface area contributed by atoms with Crippen molar-refractivity contribution in [2.24, 2.45) is 11.8 Å². The van der Waals surface area contributed by atoms with Crippen LogP contribution in [0.3, 0.4) is 0 Å². The first-order valence-electron chi connectivity index (χ1n) is 11.1. The monoisotopic (exact) mass is 386 g/mol. The second-order valence-electron chi connectivity index (χ2n) is 8.61. The van der Waals surface area contributed by atoms with Gasteiger partial charge in [-0.3, -0.25) is 9.69 Å². The van der Waals surface area contributed by atoms with Crippen molar-refractivity contribution in [1.29, 1.82) is 0 Å². The molecule has 0 N–H and O–H groups in total. The number of benzene rings is 1. The van der Waals surface area contributed by atoms with Crippen LogP contribution in [-0.2, 0) is 4.79 Å². The summed E-state index contributed by atoms with van der Waals surface area (Å²) in [6.45, 7) is 7.86. The number of ketones is 1. The predicted molar refractivity (Wildman–Crippen MR) is 111 cm³/mol. The minimum Gasteiger partial charge on any atom is -0.454 e. The van der Waals surface area contributed by atoms with Crippen LogP contribution in [0.2, 0.25) is 0 Å². The third-order valence-electron chi connectivity index (χ3n) is 6.82. The number of hydrogen-bond donors (Lipinski definition) is 0. The van der Waals surface area contributed by atoms with Gasteiger partial charge >= 0.3 is 0 Å². The van der Waals surface area contributed by atoms with E-state index in [4.69, 9.17) is 9.47 Å². The third kappa shape index (κ3) is 4.62. The van der Waals surface area contributed by atoms with Crippen LogP contribution in [0.25, 0.3) is 0 Å². The fourth-order valence-corrected chi connectivity index (χ4v) is 4.93. The molecule has 0 atom stereocenters. The van der Waals surface area contributed by atoms with Crippen molar-refractivity contribution in [3.63, 3.8) is 0 Å². The summed E-state index contributed by atoms with van der Waals surface area (Å²) in [4.78, 5) is 16.7. The molecule has 1 saturated carbocycles. The largest absolute Gasteiger partial charge is 0.454 e. The lowest BCUT2D eigenvalue weighted by Gasteiger charge is -2.37. The van der Waals surface area contributed by atoms with Crippen LogP contribution in [0, 0.1) is 11.8 Å². The lowest BCUT2D eigenvalue weighted by atomic mass is 9.78. The molecule has 1 aliphatic carbocycles. The minimum atomic E-state index is 0.334. The maximum Gasteiger partial charge on any atom is 0.231 e. The Kier molecular flexibility index (Phi) is 6.40. The van der Waals surface area contributed by atoms with Crippen LogP contribution in [0.15, 0.2) is 18.2 Å². The van der Waals surface area contributed by atoms with Crippen LogP contribution in [0.5, 0.6) is 11.5 Å². The molecule has 0 spiro atoms. The van der Waals surface area contributed by atoms with Crippen molar-refractivity contribution in [3.05, 3.63) is 18.2 Å². The molecule has 1 aromatic carbocycles. The SMILES string of the molecule is CCC(=O)CC1CCC(CCN2CCN(c3cccc4c3OCO4)CC2)CC1. The smallest absolute Gasteiger partial charge is 0.231 e. The standard InChI is InChI=1S/C23H34N2O3/c1-2-20(26)16-19-8-6-18(7-9-19)10-11-24-12-14-25(15-13-24)21-4-3-5-22-23(21)28-17-27-22/h3-5,18-19H,2,6-17H2,1H3. The first-order valence-corrected chi connectivity index (χ1v) is 11.1. The van der Waals surface area contributed by atoms with E-state index in [1.54, 1.807) is 0 Å². The summed E-state index contributed by atoms with van der Waals surface area (Å²) in [5, 5.41) is 0. The van der Waals surface area contributed by atoms with Crippen LogP contribution < -0.4 is 14.4 Å². The van der Waals surface area contributed by atoms with Crippen LogP contribution in [-0.4, -0.2) is 50.2 Å². The predicted octanol–water partition coefficient (Wildman–Crippen LogP) is 4.10. The van der Waals surface area contributed by atoms with Gasteiger partial charge in [0.15, 0.2) is 11.5 Å². The van der Waals surface area contributed by atoms with Gasteiger partial charge in [0.1, 0.15) is 5.78 Å². The van der Waals surface area contributed by atoms with Gasteiger partial charge in [-0.2, -0.15) is 0 Å². The van der Waals surface area contributed by atoms with E-state index < -0.39 is 0 Å². The highest BCUT2D eigenvalue weighted by atomic mass is 16.7. The van der Waals surface area contributed by atoms with Gasteiger partial charge in [0.05, 0.1) is 5.69 Å². The Morgan fingerprint density at radius 2 is 1.79 bits per heavy atom. The van der Waals surface area contributed by atoms with E-state index in [9.17, 15) is 4.79 Å². The second-order valence-corrected chi connectivity index (χ2v) is 8.61. The fourth-order valence-electron chi connectivity index (χ4n) is 4.93. The molecule has 0 amide bonds. The van der Waals surface area contributed by atoms with E-state index in [0.29, 0.717) is 24.9 Å². The molecule has 2 heterocycles.